The van der Waals surface area contributed by atoms with Crippen molar-refractivity contribution in [3.63, 3.8) is 0 Å². The van der Waals surface area contributed by atoms with Gasteiger partial charge >= 0.3 is 0 Å². The average molecular weight is 431 g/mol. The molecule has 0 aliphatic rings. The second-order valence-electron chi connectivity index (χ2n) is 7.28. The lowest BCUT2D eigenvalue weighted by molar-refractivity contribution is 0.0918. The molecule has 0 unspecified atom stereocenters. The van der Waals surface area contributed by atoms with Crippen molar-refractivity contribution in [2.75, 3.05) is 14.2 Å². The molecule has 1 N–H and O–H groups in total. The van der Waals surface area contributed by atoms with Crippen LogP contribution in [0.25, 0.3) is 11.0 Å². The minimum atomic E-state index is -3.54. The standard InChI is InChI=1S/C22H26N2O5S/c1-15(2)24(3)30(26,27)17-11-9-16(10-12-17)13-23-22(25)21-19(14-28-4)18-7-5-6-8-20(18)29-21/h5-12,15H,13-14H2,1-4H3,(H,23,25). The van der Waals surface area contributed by atoms with Gasteiger partial charge in [-0.3, -0.25) is 4.79 Å². The fourth-order valence-electron chi connectivity index (χ4n) is 3.06. The van der Waals surface area contributed by atoms with Crippen molar-refractivity contribution in [1.29, 1.82) is 0 Å². The number of amides is 1. The molecule has 0 spiro atoms. The molecule has 1 heterocycles. The topological polar surface area (TPSA) is 88.8 Å². The molecule has 30 heavy (non-hydrogen) atoms. The van der Waals surface area contributed by atoms with Crippen molar-refractivity contribution in [3.8, 4) is 0 Å². The summed E-state index contributed by atoms with van der Waals surface area (Å²) in [5.41, 5.74) is 2.10. The normalized spacial score (nSPS) is 12.1. The molecular formula is C22H26N2O5S. The first-order valence-electron chi connectivity index (χ1n) is 9.60. The summed E-state index contributed by atoms with van der Waals surface area (Å²) in [5, 5.41) is 3.67. The Morgan fingerprint density at radius 2 is 1.80 bits per heavy atom. The maximum atomic E-state index is 12.7. The van der Waals surface area contributed by atoms with Gasteiger partial charge in [-0.2, -0.15) is 4.31 Å². The van der Waals surface area contributed by atoms with Gasteiger partial charge in [-0.1, -0.05) is 30.3 Å². The fraction of sp³-hybridized carbons (Fsp3) is 0.318. The maximum Gasteiger partial charge on any atom is 0.287 e. The van der Waals surface area contributed by atoms with Crippen molar-refractivity contribution in [2.24, 2.45) is 0 Å². The first kappa shape index (κ1) is 22.0. The van der Waals surface area contributed by atoms with Crippen LogP contribution < -0.4 is 5.32 Å². The van der Waals surface area contributed by atoms with Crippen LogP contribution in [0.5, 0.6) is 0 Å². The van der Waals surface area contributed by atoms with E-state index in [1.807, 2.05) is 32.0 Å². The third kappa shape index (κ3) is 4.40. The van der Waals surface area contributed by atoms with E-state index in [0.717, 1.165) is 10.9 Å². The lowest BCUT2D eigenvalue weighted by Crippen LogP contribution is -2.33. The smallest absolute Gasteiger partial charge is 0.287 e. The highest BCUT2D eigenvalue weighted by atomic mass is 32.2. The molecule has 0 radical (unpaired) electrons. The Balaban J connectivity index is 1.74. The fourth-order valence-corrected chi connectivity index (χ4v) is 4.42. The van der Waals surface area contributed by atoms with E-state index in [-0.39, 0.29) is 35.8 Å². The third-order valence-electron chi connectivity index (χ3n) is 4.97. The molecule has 3 aromatic rings. The Kier molecular flexibility index (Phi) is 6.60. The Hall–Kier alpha value is -2.68. The van der Waals surface area contributed by atoms with Crippen molar-refractivity contribution >= 4 is 26.9 Å². The van der Waals surface area contributed by atoms with E-state index in [4.69, 9.17) is 9.15 Å². The number of nitrogens with zero attached hydrogens (tertiary/aromatic N) is 1. The van der Waals surface area contributed by atoms with Crippen LogP contribution in [0.2, 0.25) is 0 Å². The molecule has 3 rings (SSSR count). The number of sulfonamides is 1. The number of benzene rings is 2. The van der Waals surface area contributed by atoms with Gasteiger partial charge < -0.3 is 14.5 Å². The average Bonchev–Trinajstić information content (AvgIpc) is 3.10. The van der Waals surface area contributed by atoms with Crippen molar-refractivity contribution in [3.05, 3.63) is 65.4 Å². The van der Waals surface area contributed by atoms with Crippen LogP contribution in [-0.4, -0.2) is 38.8 Å². The highest BCUT2D eigenvalue weighted by Crippen LogP contribution is 2.26. The first-order chi connectivity index (χ1) is 14.3. The number of carbonyl (C=O) groups is 1. The summed E-state index contributed by atoms with van der Waals surface area (Å²) in [4.78, 5) is 12.9. The predicted molar refractivity (Wildman–Crippen MR) is 115 cm³/mol. The van der Waals surface area contributed by atoms with Crippen LogP contribution in [-0.2, 0) is 27.9 Å². The largest absolute Gasteiger partial charge is 0.451 e. The molecule has 0 atom stereocenters. The van der Waals surface area contributed by atoms with Crippen LogP contribution in [0.1, 0.15) is 35.5 Å². The maximum absolute atomic E-state index is 12.7. The van der Waals surface area contributed by atoms with E-state index < -0.39 is 10.0 Å². The molecule has 1 amide bonds. The number of methoxy groups -OCH3 is 1. The summed E-state index contributed by atoms with van der Waals surface area (Å²) < 4.78 is 37.4. The highest BCUT2D eigenvalue weighted by molar-refractivity contribution is 7.89. The van der Waals surface area contributed by atoms with E-state index in [0.29, 0.717) is 11.1 Å². The second kappa shape index (κ2) is 8.99. The zero-order chi connectivity index (χ0) is 21.9. The van der Waals surface area contributed by atoms with Gasteiger partial charge in [0.25, 0.3) is 5.91 Å². The Bertz CT molecular complexity index is 1130. The molecule has 7 nitrogen and oxygen atoms in total. The Labute approximate surface area is 176 Å². The Morgan fingerprint density at radius 1 is 1.13 bits per heavy atom. The van der Waals surface area contributed by atoms with Crippen LogP contribution in [0, 0.1) is 0 Å². The monoisotopic (exact) mass is 430 g/mol. The van der Waals surface area contributed by atoms with E-state index in [9.17, 15) is 13.2 Å². The molecule has 1 aromatic heterocycles. The van der Waals surface area contributed by atoms with Gasteiger partial charge in [0.05, 0.1) is 11.5 Å². The minimum absolute atomic E-state index is 0.140. The van der Waals surface area contributed by atoms with Gasteiger partial charge in [0.15, 0.2) is 5.76 Å². The van der Waals surface area contributed by atoms with Crippen LogP contribution in [0.15, 0.2) is 57.8 Å². The van der Waals surface area contributed by atoms with Gasteiger partial charge in [0, 0.05) is 37.7 Å². The number of fused-ring (bicyclic) bond motifs is 1. The number of nitrogens with one attached hydrogen (secondary N) is 1. The molecule has 2 aromatic carbocycles. The van der Waals surface area contributed by atoms with Gasteiger partial charge in [0.2, 0.25) is 10.0 Å². The van der Waals surface area contributed by atoms with Crippen molar-refractivity contribution in [1.82, 2.24) is 9.62 Å². The number of hydrogen-bond donors (Lipinski definition) is 1. The molecule has 0 saturated heterocycles. The summed E-state index contributed by atoms with van der Waals surface area (Å²) >= 11 is 0. The van der Waals surface area contributed by atoms with E-state index in [1.165, 1.54) is 4.31 Å². The molecule has 160 valence electrons. The van der Waals surface area contributed by atoms with Gasteiger partial charge in [0.1, 0.15) is 5.58 Å². The number of hydrogen-bond acceptors (Lipinski definition) is 5. The van der Waals surface area contributed by atoms with Gasteiger partial charge in [-0.15, -0.1) is 0 Å². The zero-order valence-electron chi connectivity index (χ0n) is 17.5. The predicted octanol–water partition coefficient (Wildman–Crippen LogP) is 3.54. The van der Waals surface area contributed by atoms with Crippen LogP contribution in [0.3, 0.4) is 0 Å². The lowest BCUT2D eigenvalue weighted by Gasteiger charge is -2.21. The molecule has 0 aliphatic carbocycles. The third-order valence-corrected chi connectivity index (χ3v) is 7.02. The SMILES string of the molecule is COCc1c(C(=O)NCc2ccc(S(=O)(=O)N(C)C(C)C)cc2)oc2ccccc12. The Morgan fingerprint density at radius 3 is 2.43 bits per heavy atom. The van der Waals surface area contributed by atoms with Crippen LogP contribution in [0.4, 0.5) is 0 Å². The highest BCUT2D eigenvalue weighted by Gasteiger charge is 2.23. The van der Waals surface area contributed by atoms with E-state index in [2.05, 4.69) is 5.32 Å². The second-order valence-corrected chi connectivity index (χ2v) is 9.28. The molecule has 0 bridgehead atoms. The number of para-hydroxylation sites is 1. The van der Waals surface area contributed by atoms with E-state index >= 15 is 0 Å². The van der Waals surface area contributed by atoms with Gasteiger partial charge in [-0.05, 0) is 37.6 Å². The molecular weight excluding hydrogens is 404 g/mol. The minimum Gasteiger partial charge on any atom is -0.451 e. The molecule has 0 aliphatic heterocycles. The van der Waals surface area contributed by atoms with Crippen molar-refractivity contribution < 1.29 is 22.4 Å². The summed E-state index contributed by atoms with van der Waals surface area (Å²) in [6.07, 6.45) is 0. The zero-order valence-corrected chi connectivity index (χ0v) is 18.3. The summed E-state index contributed by atoms with van der Waals surface area (Å²) in [6.45, 7) is 4.13. The number of furan rings is 1. The number of carbonyl (C=O) groups excluding carboxylic acids is 1. The summed E-state index contributed by atoms with van der Waals surface area (Å²) in [5.74, 6) is -0.134. The summed E-state index contributed by atoms with van der Waals surface area (Å²) in [7, 11) is -0.419. The number of ether oxygens (including phenoxy) is 1. The molecule has 0 saturated carbocycles. The van der Waals surface area contributed by atoms with Crippen LogP contribution >= 0.6 is 0 Å². The van der Waals surface area contributed by atoms with Crippen molar-refractivity contribution in [2.45, 2.75) is 37.9 Å². The van der Waals surface area contributed by atoms with E-state index in [1.54, 1.807) is 44.5 Å². The number of rotatable bonds is 8. The lowest BCUT2D eigenvalue weighted by atomic mass is 10.1. The first-order valence-corrected chi connectivity index (χ1v) is 11.0. The summed E-state index contributed by atoms with van der Waals surface area (Å²) in [6, 6.07) is 13.8. The van der Waals surface area contributed by atoms with Gasteiger partial charge in [-0.25, -0.2) is 8.42 Å². The molecule has 8 heteroatoms. The quantitative estimate of drug-likeness (QED) is 0.590. The molecule has 0 fully saturated rings.